The Kier molecular flexibility index (Phi) is 2.93. The zero-order chi connectivity index (χ0) is 11.8. The molecule has 5 heteroatoms. The highest BCUT2D eigenvalue weighted by Crippen LogP contribution is 2.38. The average molecular weight is 221 g/mol. The summed E-state index contributed by atoms with van der Waals surface area (Å²) >= 11 is 0. The second-order valence-electron chi connectivity index (χ2n) is 3.43. The van der Waals surface area contributed by atoms with E-state index in [1.165, 1.54) is 13.0 Å². The fourth-order valence-electron chi connectivity index (χ4n) is 1.39. The summed E-state index contributed by atoms with van der Waals surface area (Å²) in [5.41, 5.74) is 4.02. The van der Waals surface area contributed by atoms with Crippen LogP contribution in [0.3, 0.4) is 0 Å². The maximum atomic E-state index is 13.0. The molecule has 0 aliphatic rings. The third-order valence-electron chi connectivity index (χ3n) is 2.09. The van der Waals surface area contributed by atoms with Gasteiger partial charge in [0.15, 0.2) is 0 Å². The first-order chi connectivity index (χ1) is 6.73. The van der Waals surface area contributed by atoms with Gasteiger partial charge in [-0.3, -0.25) is 0 Å². The molecule has 0 aliphatic carbocycles. The molecular weight excluding hydrogens is 210 g/mol. The minimum atomic E-state index is -4.54. The van der Waals surface area contributed by atoms with Gasteiger partial charge in [0, 0.05) is 11.3 Å². The highest BCUT2D eigenvalue weighted by molar-refractivity contribution is 5.57. The van der Waals surface area contributed by atoms with Crippen LogP contribution in [-0.2, 0) is 6.18 Å². The molecule has 1 aromatic rings. The lowest BCUT2D eigenvalue weighted by Gasteiger charge is -2.15. The van der Waals surface area contributed by atoms with Crippen molar-refractivity contribution < 1.29 is 17.6 Å². The van der Waals surface area contributed by atoms with Crippen molar-refractivity contribution in [2.45, 2.75) is 26.2 Å². The molecule has 1 unspecified atom stereocenters. The van der Waals surface area contributed by atoms with Crippen LogP contribution in [0, 0.1) is 6.92 Å². The second-order valence-corrected chi connectivity index (χ2v) is 3.43. The summed E-state index contributed by atoms with van der Waals surface area (Å²) in [7, 11) is 0. The summed E-state index contributed by atoms with van der Waals surface area (Å²) in [6, 6.07) is 2.25. The molecule has 0 spiro atoms. The highest BCUT2D eigenvalue weighted by Gasteiger charge is 2.34. The van der Waals surface area contributed by atoms with Crippen LogP contribution in [0.15, 0.2) is 12.1 Å². The number of halogens is 4. The van der Waals surface area contributed by atoms with Crippen molar-refractivity contribution in [1.29, 1.82) is 0 Å². The molecule has 0 amide bonds. The molecule has 0 heterocycles. The lowest BCUT2D eigenvalue weighted by molar-refractivity contribution is -0.137. The number of hydrogen-bond acceptors (Lipinski definition) is 1. The normalized spacial score (nSPS) is 14.0. The Morgan fingerprint density at radius 3 is 2.20 bits per heavy atom. The third-order valence-corrected chi connectivity index (χ3v) is 2.09. The minimum Gasteiger partial charge on any atom is -0.398 e. The lowest BCUT2D eigenvalue weighted by atomic mass is 10.0. The standard InChI is InChI=1S/C10H11F4N/c1-5-3-7(6(2)11)9(15)8(4-5)10(12,13)14/h3-4,6H,15H2,1-2H3. The highest BCUT2D eigenvalue weighted by atomic mass is 19.4. The van der Waals surface area contributed by atoms with E-state index in [0.29, 0.717) is 5.56 Å². The fraction of sp³-hybridized carbons (Fsp3) is 0.400. The molecule has 0 saturated heterocycles. The molecule has 1 rings (SSSR count). The summed E-state index contributed by atoms with van der Waals surface area (Å²) in [5, 5.41) is 0. The second kappa shape index (κ2) is 3.72. The Bertz CT molecular complexity index is 368. The molecular formula is C10H11F4N. The van der Waals surface area contributed by atoms with Gasteiger partial charge >= 0.3 is 6.18 Å². The van der Waals surface area contributed by atoms with E-state index in [2.05, 4.69) is 0 Å². The maximum absolute atomic E-state index is 13.0. The Labute approximate surface area is 84.9 Å². The first-order valence-electron chi connectivity index (χ1n) is 4.34. The van der Waals surface area contributed by atoms with Crippen molar-refractivity contribution in [2.24, 2.45) is 0 Å². The van der Waals surface area contributed by atoms with E-state index in [1.54, 1.807) is 0 Å². The third kappa shape index (κ3) is 2.40. The van der Waals surface area contributed by atoms with Crippen molar-refractivity contribution in [1.82, 2.24) is 0 Å². The predicted octanol–water partition coefficient (Wildman–Crippen LogP) is 3.63. The molecule has 2 N–H and O–H groups in total. The molecule has 0 radical (unpaired) electrons. The molecule has 1 nitrogen and oxygen atoms in total. The van der Waals surface area contributed by atoms with Crippen LogP contribution in [-0.4, -0.2) is 0 Å². The van der Waals surface area contributed by atoms with Gasteiger partial charge in [-0.2, -0.15) is 13.2 Å². The van der Waals surface area contributed by atoms with Gasteiger partial charge in [0.05, 0.1) is 5.56 Å². The quantitative estimate of drug-likeness (QED) is 0.568. The molecule has 0 aliphatic heterocycles. The van der Waals surface area contributed by atoms with Gasteiger partial charge in [0.1, 0.15) is 6.17 Å². The monoisotopic (exact) mass is 221 g/mol. The average Bonchev–Trinajstić information content (AvgIpc) is 2.06. The smallest absolute Gasteiger partial charge is 0.398 e. The van der Waals surface area contributed by atoms with Gasteiger partial charge in [0.25, 0.3) is 0 Å². The largest absolute Gasteiger partial charge is 0.418 e. The SMILES string of the molecule is Cc1cc(C(C)F)c(N)c(C(F)(F)F)c1. The number of hydrogen-bond donors (Lipinski definition) is 1. The summed E-state index contributed by atoms with van der Waals surface area (Å²) in [5.74, 6) is 0. The van der Waals surface area contributed by atoms with Gasteiger partial charge in [-0.15, -0.1) is 0 Å². The number of nitrogen functional groups attached to an aromatic ring is 1. The molecule has 15 heavy (non-hydrogen) atoms. The number of aryl methyl sites for hydroxylation is 1. The first-order valence-corrected chi connectivity index (χ1v) is 4.34. The summed E-state index contributed by atoms with van der Waals surface area (Å²) in [6.45, 7) is 2.63. The van der Waals surface area contributed by atoms with Gasteiger partial charge in [-0.25, -0.2) is 4.39 Å². The van der Waals surface area contributed by atoms with Crippen molar-refractivity contribution >= 4 is 5.69 Å². The number of alkyl halides is 4. The van der Waals surface area contributed by atoms with Crippen LogP contribution in [0.4, 0.5) is 23.2 Å². The van der Waals surface area contributed by atoms with Crippen molar-refractivity contribution in [3.8, 4) is 0 Å². The van der Waals surface area contributed by atoms with E-state index < -0.39 is 23.6 Å². The number of rotatable bonds is 1. The fourth-order valence-corrected chi connectivity index (χ4v) is 1.39. The van der Waals surface area contributed by atoms with Crippen LogP contribution >= 0.6 is 0 Å². The molecule has 0 fully saturated rings. The van der Waals surface area contributed by atoms with E-state index in [1.807, 2.05) is 0 Å². The maximum Gasteiger partial charge on any atom is 0.418 e. The van der Waals surface area contributed by atoms with Crippen LogP contribution < -0.4 is 5.73 Å². The van der Waals surface area contributed by atoms with E-state index in [4.69, 9.17) is 5.73 Å². The van der Waals surface area contributed by atoms with Crippen LogP contribution in [0.25, 0.3) is 0 Å². The molecule has 0 bridgehead atoms. The minimum absolute atomic E-state index is 0.109. The van der Waals surface area contributed by atoms with E-state index in [-0.39, 0.29) is 5.56 Å². The zero-order valence-corrected chi connectivity index (χ0v) is 8.32. The van der Waals surface area contributed by atoms with Crippen LogP contribution in [0.2, 0.25) is 0 Å². The topological polar surface area (TPSA) is 26.0 Å². The molecule has 84 valence electrons. The lowest BCUT2D eigenvalue weighted by Crippen LogP contribution is -2.11. The van der Waals surface area contributed by atoms with E-state index >= 15 is 0 Å². The molecule has 1 aromatic carbocycles. The van der Waals surface area contributed by atoms with Crippen molar-refractivity contribution in [3.05, 3.63) is 28.8 Å². The number of nitrogens with two attached hydrogens (primary N) is 1. The zero-order valence-electron chi connectivity index (χ0n) is 8.32. The molecule has 1 atom stereocenters. The van der Waals surface area contributed by atoms with Gasteiger partial charge in [0.2, 0.25) is 0 Å². The Morgan fingerprint density at radius 1 is 1.27 bits per heavy atom. The van der Waals surface area contributed by atoms with Gasteiger partial charge in [-0.05, 0) is 25.5 Å². The number of anilines is 1. The van der Waals surface area contributed by atoms with Crippen molar-refractivity contribution in [3.63, 3.8) is 0 Å². The van der Waals surface area contributed by atoms with Crippen LogP contribution in [0.5, 0.6) is 0 Å². The Hall–Kier alpha value is -1.26. The number of benzene rings is 1. The summed E-state index contributed by atoms with van der Waals surface area (Å²) < 4.78 is 50.4. The van der Waals surface area contributed by atoms with Gasteiger partial charge in [-0.1, -0.05) is 6.07 Å². The van der Waals surface area contributed by atoms with Gasteiger partial charge < -0.3 is 5.73 Å². The summed E-state index contributed by atoms with van der Waals surface area (Å²) in [4.78, 5) is 0. The predicted molar refractivity (Wildman–Crippen MR) is 50.1 cm³/mol. The Morgan fingerprint density at radius 2 is 1.80 bits per heavy atom. The van der Waals surface area contributed by atoms with Crippen molar-refractivity contribution in [2.75, 3.05) is 5.73 Å². The van der Waals surface area contributed by atoms with E-state index in [9.17, 15) is 17.6 Å². The Balaban J connectivity index is 3.42. The summed E-state index contributed by atoms with van der Waals surface area (Å²) in [6.07, 6.45) is -6.05. The molecule has 0 saturated carbocycles. The molecule has 0 aromatic heterocycles. The first kappa shape index (κ1) is 11.8. The van der Waals surface area contributed by atoms with E-state index in [0.717, 1.165) is 13.0 Å². The van der Waals surface area contributed by atoms with Crippen LogP contribution in [0.1, 0.15) is 29.8 Å².